The van der Waals surface area contributed by atoms with Gasteiger partial charge in [-0.1, -0.05) is 0 Å². The van der Waals surface area contributed by atoms with E-state index in [1.54, 1.807) is 0 Å². The normalized spacial score (nSPS) is 26.7. The van der Waals surface area contributed by atoms with Crippen LogP contribution in [0.4, 0.5) is 0 Å². The number of ether oxygens (including phenoxy) is 4. The van der Waals surface area contributed by atoms with Crippen LogP contribution in [0.1, 0.15) is 0 Å². The van der Waals surface area contributed by atoms with Crippen LogP contribution in [0.15, 0.2) is 0 Å². The van der Waals surface area contributed by atoms with Crippen LogP contribution in [0.5, 0.6) is 0 Å². The molecule has 1 saturated heterocycles. The molecule has 0 unspecified atom stereocenters. The molecule has 14 heavy (non-hydrogen) atoms. The van der Waals surface area contributed by atoms with E-state index >= 15 is 0 Å². The van der Waals surface area contributed by atoms with Crippen molar-refractivity contribution in [1.82, 2.24) is 0 Å². The smallest absolute Gasteiger partial charge is 0.337 e. The maximum atomic E-state index is 11.0. The van der Waals surface area contributed by atoms with E-state index in [1.807, 2.05) is 0 Å². The minimum absolute atomic E-state index is 0.00639. The highest BCUT2D eigenvalue weighted by Crippen LogP contribution is 2.09. The topological polar surface area (TPSA) is 71.1 Å². The van der Waals surface area contributed by atoms with Gasteiger partial charge in [0.25, 0.3) is 0 Å². The zero-order valence-corrected chi connectivity index (χ0v) is 8.02. The predicted molar refractivity (Wildman–Crippen MR) is 43.5 cm³/mol. The second kappa shape index (κ2) is 4.92. The van der Waals surface area contributed by atoms with Gasteiger partial charge >= 0.3 is 11.9 Å². The average molecular weight is 204 g/mol. The Morgan fingerprint density at radius 1 is 1.00 bits per heavy atom. The number of rotatable bonds is 2. The molecule has 0 spiro atoms. The Hall–Kier alpha value is -1.14. The molecule has 0 bridgehead atoms. The van der Waals surface area contributed by atoms with E-state index in [9.17, 15) is 9.59 Å². The number of carbonyl (C=O) groups is 2. The van der Waals surface area contributed by atoms with Gasteiger partial charge < -0.3 is 18.9 Å². The fourth-order valence-corrected chi connectivity index (χ4v) is 1.04. The summed E-state index contributed by atoms with van der Waals surface area (Å²) in [6.45, 7) is 0.0128. The number of methoxy groups -OCH3 is 2. The molecule has 0 saturated carbocycles. The molecule has 2 atom stereocenters. The SMILES string of the molecule is COC(=O)[C@@H]1CO[C@@H](C(=O)OC)CO1. The first kappa shape index (κ1) is 10.9. The number of esters is 2. The molecule has 1 rings (SSSR count). The van der Waals surface area contributed by atoms with Gasteiger partial charge in [-0.25, -0.2) is 9.59 Å². The molecule has 80 valence electrons. The summed E-state index contributed by atoms with van der Waals surface area (Å²) in [5.41, 5.74) is 0. The first-order chi connectivity index (χ1) is 6.69. The van der Waals surface area contributed by atoms with Crippen LogP contribution in [-0.4, -0.2) is 51.6 Å². The van der Waals surface area contributed by atoms with Crippen LogP contribution < -0.4 is 0 Å². The van der Waals surface area contributed by atoms with Crippen molar-refractivity contribution >= 4 is 11.9 Å². The summed E-state index contributed by atoms with van der Waals surface area (Å²) in [6, 6.07) is 0. The molecule has 1 heterocycles. The van der Waals surface area contributed by atoms with Gasteiger partial charge in [0.1, 0.15) is 0 Å². The molecule has 1 aliphatic rings. The zero-order chi connectivity index (χ0) is 10.6. The number of hydrogen-bond donors (Lipinski definition) is 0. The van der Waals surface area contributed by atoms with E-state index in [0.717, 1.165) is 0 Å². The third-order valence-corrected chi connectivity index (χ3v) is 1.83. The summed E-state index contributed by atoms with van der Waals surface area (Å²) in [6.07, 6.45) is -1.50. The van der Waals surface area contributed by atoms with Crippen LogP contribution in [0, 0.1) is 0 Å². The van der Waals surface area contributed by atoms with Crippen molar-refractivity contribution in [2.24, 2.45) is 0 Å². The van der Waals surface area contributed by atoms with Gasteiger partial charge in [-0.15, -0.1) is 0 Å². The summed E-state index contributed by atoms with van der Waals surface area (Å²) in [4.78, 5) is 21.9. The fourth-order valence-electron chi connectivity index (χ4n) is 1.04. The monoisotopic (exact) mass is 204 g/mol. The molecule has 1 fully saturated rings. The summed E-state index contributed by atoms with van der Waals surface area (Å²) < 4.78 is 19.0. The van der Waals surface area contributed by atoms with Gasteiger partial charge in [0, 0.05) is 0 Å². The van der Waals surface area contributed by atoms with Crippen LogP contribution in [0.25, 0.3) is 0 Å². The lowest BCUT2D eigenvalue weighted by Gasteiger charge is -2.26. The van der Waals surface area contributed by atoms with Crippen LogP contribution in [0.3, 0.4) is 0 Å². The van der Waals surface area contributed by atoms with Gasteiger partial charge in [0.15, 0.2) is 12.2 Å². The molecule has 0 radical (unpaired) electrons. The zero-order valence-electron chi connectivity index (χ0n) is 8.02. The van der Waals surface area contributed by atoms with Crippen molar-refractivity contribution in [3.63, 3.8) is 0 Å². The molecule has 0 amide bonds. The van der Waals surface area contributed by atoms with Crippen molar-refractivity contribution in [2.45, 2.75) is 12.2 Å². The van der Waals surface area contributed by atoms with E-state index in [2.05, 4.69) is 9.47 Å². The second-order valence-electron chi connectivity index (χ2n) is 2.69. The highest BCUT2D eigenvalue weighted by atomic mass is 16.6. The predicted octanol–water partition coefficient (Wildman–Crippen LogP) is -0.884. The second-order valence-corrected chi connectivity index (χ2v) is 2.69. The van der Waals surface area contributed by atoms with Gasteiger partial charge in [0.2, 0.25) is 0 Å². The Kier molecular flexibility index (Phi) is 3.84. The standard InChI is InChI=1S/C8H12O6/c1-11-7(9)5-3-14-6(4-13-5)8(10)12-2/h5-6H,3-4H2,1-2H3/t5-,6+. The van der Waals surface area contributed by atoms with E-state index in [1.165, 1.54) is 14.2 Å². The van der Waals surface area contributed by atoms with E-state index in [-0.39, 0.29) is 13.2 Å². The van der Waals surface area contributed by atoms with E-state index < -0.39 is 24.1 Å². The van der Waals surface area contributed by atoms with Gasteiger partial charge in [0.05, 0.1) is 27.4 Å². The van der Waals surface area contributed by atoms with Crippen molar-refractivity contribution in [3.8, 4) is 0 Å². The molecule has 6 nitrogen and oxygen atoms in total. The summed E-state index contributed by atoms with van der Waals surface area (Å²) >= 11 is 0. The minimum Gasteiger partial charge on any atom is -0.467 e. The largest absolute Gasteiger partial charge is 0.467 e. The Morgan fingerprint density at radius 3 is 1.57 bits per heavy atom. The Labute approximate surface area is 81.1 Å². The van der Waals surface area contributed by atoms with Gasteiger partial charge in [-0.3, -0.25) is 0 Å². The Morgan fingerprint density at radius 2 is 1.36 bits per heavy atom. The van der Waals surface area contributed by atoms with Crippen molar-refractivity contribution in [1.29, 1.82) is 0 Å². The molecule has 1 aliphatic heterocycles. The van der Waals surface area contributed by atoms with Crippen LogP contribution in [0.2, 0.25) is 0 Å². The first-order valence-corrected chi connectivity index (χ1v) is 4.08. The lowest BCUT2D eigenvalue weighted by molar-refractivity contribution is -0.190. The van der Waals surface area contributed by atoms with E-state index in [4.69, 9.17) is 9.47 Å². The molecule has 0 N–H and O–H groups in total. The number of hydrogen-bond acceptors (Lipinski definition) is 6. The molecular weight excluding hydrogens is 192 g/mol. The molecule has 0 aliphatic carbocycles. The summed E-state index contributed by atoms with van der Waals surface area (Å²) in [5.74, 6) is -1.01. The van der Waals surface area contributed by atoms with E-state index in [0.29, 0.717) is 0 Å². The van der Waals surface area contributed by atoms with Gasteiger partial charge in [-0.2, -0.15) is 0 Å². The lowest BCUT2D eigenvalue weighted by Crippen LogP contribution is -2.44. The molecular formula is C8H12O6. The minimum atomic E-state index is -0.749. The fraction of sp³-hybridized carbons (Fsp3) is 0.750. The van der Waals surface area contributed by atoms with Crippen molar-refractivity contribution < 1.29 is 28.5 Å². The lowest BCUT2D eigenvalue weighted by atomic mass is 10.3. The Bertz CT molecular complexity index is 194. The first-order valence-electron chi connectivity index (χ1n) is 4.08. The molecule has 0 aromatic rings. The summed E-state index contributed by atoms with van der Waals surface area (Å²) in [5, 5.41) is 0. The maximum Gasteiger partial charge on any atom is 0.337 e. The van der Waals surface area contributed by atoms with Crippen molar-refractivity contribution in [3.05, 3.63) is 0 Å². The van der Waals surface area contributed by atoms with Gasteiger partial charge in [-0.05, 0) is 0 Å². The third kappa shape index (κ3) is 2.43. The maximum absolute atomic E-state index is 11.0. The molecule has 0 aromatic heterocycles. The van der Waals surface area contributed by atoms with Crippen LogP contribution >= 0.6 is 0 Å². The highest BCUT2D eigenvalue weighted by Gasteiger charge is 2.32. The highest BCUT2D eigenvalue weighted by molar-refractivity contribution is 5.77. The number of carbonyl (C=O) groups excluding carboxylic acids is 2. The average Bonchev–Trinajstić information content (AvgIpc) is 2.27. The molecule has 6 heteroatoms. The Balaban J connectivity index is 2.38. The van der Waals surface area contributed by atoms with Crippen molar-refractivity contribution in [2.75, 3.05) is 27.4 Å². The summed E-state index contributed by atoms with van der Waals surface area (Å²) in [7, 11) is 2.52. The van der Waals surface area contributed by atoms with Crippen LogP contribution in [-0.2, 0) is 28.5 Å². The third-order valence-electron chi connectivity index (χ3n) is 1.83. The molecule has 0 aromatic carbocycles. The quantitative estimate of drug-likeness (QED) is 0.544.